The zero-order valence-electron chi connectivity index (χ0n) is 11.5. The Labute approximate surface area is 117 Å². The fourth-order valence-electron chi connectivity index (χ4n) is 1.49. The van der Waals surface area contributed by atoms with E-state index in [1.165, 1.54) is 24.3 Å². The molecule has 0 aliphatic carbocycles. The van der Waals surface area contributed by atoms with E-state index in [2.05, 4.69) is 5.32 Å². The molecule has 20 heavy (non-hydrogen) atoms. The number of anilines is 1. The van der Waals surface area contributed by atoms with E-state index in [0.29, 0.717) is 12.2 Å². The molecule has 0 heterocycles. The zero-order valence-corrected chi connectivity index (χ0v) is 11.5. The lowest BCUT2D eigenvalue weighted by Crippen LogP contribution is -2.43. The van der Waals surface area contributed by atoms with Crippen LogP contribution in [-0.2, 0) is 4.79 Å². The summed E-state index contributed by atoms with van der Waals surface area (Å²) in [6.45, 7) is 3.68. The van der Waals surface area contributed by atoms with Crippen molar-refractivity contribution in [3.05, 3.63) is 35.9 Å². The first-order valence-electron chi connectivity index (χ1n) is 6.09. The summed E-state index contributed by atoms with van der Waals surface area (Å²) in [4.78, 5) is 24.0. The number of aliphatic carboxylic acids is 1. The van der Waals surface area contributed by atoms with Crippen LogP contribution in [0.25, 0.3) is 0 Å². The summed E-state index contributed by atoms with van der Waals surface area (Å²) >= 11 is 0. The van der Waals surface area contributed by atoms with Gasteiger partial charge in [-0.25, -0.2) is 4.79 Å². The number of hydrogen-bond donors (Lipinski definition) is 3. The quantitative estimate of drug-likeness (QED) is 0.718. The van der Waals surface area contributed by atoms with E-state index in [1.54, 1.807) is 0 Å². The van der Waals surface area contributed by atoms with Crippen molar-refractivity contribution in [3.8, 4) is 5.75 Å². The molecule has 0 aliphatic heterocycles. The Morgan fingerprint density at radius 2 is 1.85 bits per heavy atom. The molecular formula is C14H18N2O4. The topological polar surface area (TPSA) is 89.9 Å². The van der Waals surface area contributed by atoms with Gasteiger partial charge in [0.1, 0.15) is 12.3 Å². The first kappa shape index (κ1) is 15.6. The van der Waals surface area contributed by atoms with Crippen LogP contribution in [0.5, 0.6) is 5.75 Å². The summed E-state index contributed by atoms with van der Waals surface area (Å²) in [5.74, 6) is -1.07. The Bertz CT molecular complexity index is 504. The number of aromatic hydroxyl groups is 1. The lowest BCUT2D eigenvalue weighted by Gasteiger charge is -2.21. The zero-order chi connectivity index (χ0) is 15.1. The minimum Gasteiger partial charge on any atom is -0.508 e. The molecule has 2 amide bonds. The van der Waals surface area contributed by atoms with Crippen molar-refractivity contribution >= 4 is 17.7 Å². The molecule has 0 fully saturated rings. The molecule has 0 radical (unpaired) electrons. The maximum Gasteiger partial charge on any atom is 0.323 e. The minimum atomic E-state index is -1.12. The molecule has 0 atom stereocenters. The number of benzene rings is 1. The predicted molar refractivity (Wildman–Crippen MR) is 75.9 cm³/mol. The molecule has 1 aromatic rings. The Morgan fingerprint density at radius 1 is 1.25 bits per heavy atom. The number of phenolic OH excluding ortho intramolecular Hbond substituents is 1. The molecule has 0 aromatic heterocycles. The molecule has 108 valence electrons. The van der Waals surface area contributed by atoms with Gasteiger partial charge in [-0.2, -0.15) is 0 Å². The van der Waals surface area contributed by atoms with Gasteiger partial charge in [0, 0.05) is 12.2 Å². The van der Waals surface area contributed by atoms with E-state index in [4.69, 9.17) is 5.11 Å². The number of carbonyl (C=O) groups is 2. The third-order valence-corrected chi connectivity index (χ3v) is 2.46. The highest BCUT2D eigenvalue weighted by Gasteiger charge is 2.18. The lowest BCUT2D eigenvalue weighted by atomic mass is 10.2. The highest BCUT2D eigenvalue weighted by Crippen LogP contribution is 2.18. The molecule has 0 unspecified atom stereocenters. The number of hydrogen-bond acceptors (Lipinski definition) is 3. The van der Waals surface area contributed by atoms with E-state index in [1.807, 2.05) is 19.9 Å². The Balaban J connectivity index is 2.83. The number of phenols is 1. The SMILES string of the molecule is CC(C)=CCNC(=O)N(CC(=O)O)c1ccc(O)cc1. The standard InChI is InChI=1S/C14H18N2O4/c1-10(2)7-8-15-14(20)16(9-13(18)19)11-3-5-12(17)6-4-11/h3-7,17H,8-9H2,1-2H3,(H,15,20)(H,18,19). The second-order valence-electron chi connectivity index (χ2n) is 4.46. The van der Waals surface area contributed by atoms with Crippen LogP contribution < -0.4 is 10.2 Å². The van der Waals surface area contributed by atoms with Gasteiger partial charge < -0.3 is 15.5 Å². The number of urea groups is 1. The van der Waals surface area contributed by atoms with Crippen molar-refractivity contribution in [3.63, 3.8) is 0 Å². The maximum absolute atomic E-state index is 12.0. The van der Waals surface area contributed by atoms with Crippen LogP contribution in [0.4, 0.5) is 10.5 Å². The summed E-state index contributed by atoms with van der Waals surface area (Å²) < 4.78 is 0. The number of rotatable bonds is 5. The number of carboxylic acid groups (broad SMARTS) is 1. The smallest absolute Gasteiger partial charge is 0.323 e. The van der Waals surface area contributed by atoms with Crippen LogP contribution in [0.1, 0.15) is 13.8 Å². The number of carboxylic acids is 1. The van der Waals surface area contributed by atoms with Gasteiger partial charge >= 0.3 is 12.0 Å². The van der Waals surface area contributed by atoms with Crippen LogP contribution in [0.3, 0.4) is 0 Å². The van der Waals surface area contributed by atoms with E-state index in [9.17, 15) is 14.7 Å². The highest BCUT2D eigenvalue weighted by molar-refractivity contribution is 5.96. The molecule has 0 aliphatic rings. The normalized spacial score (nSPS) is 9.70. The molecule has 6 heteroatoms. The van der Waals surface area contributed by atoms with E-state index in [-0.39, 0.29) is 5.75 Å². The summed E-state index contributed by atoms with van der Waals surface area (Å²) in [5.41, 5.74) is 1.46. The fraction of sp³-hybridized carbons (Fsp3) is 0.286. The molecule has 1 aromatic carbocycles. The Kier molecular flexibility index (Phi) is 5.58. The van der Waals surface area contributed by atoms with Crippen LogP contribution in [-0.4, -0.2) is 35.3 Å². The van der Waals surface area contributed by atoms with Gasteiger partial charge in [-0.3, -0.25) is 9.69 Å². The number of amides is 2. The minimum absolute atomic E-state index is 0.0500. The second-order valence-corrected chi connectivity index (χ2v) is 4.46. The van der Waals surface area contributed by atoms with Crippen molar-refractivity contribution in [1.82, 2.24) is 5.32 Å². The number of allylic oxidation sites excluding steroid dienone is 1. The average molecular weight is 278 g/mol. The average Bonchev–Trinajstić information content (AvgIpc) is 2.36. The van der Waals surface area contributed by atoms with Crippen molar-refractivity contribution in [2.24, 2.45) is 0 Å². The molecular weight excluding hydrogens is 260 g/mol. The monoisotopic (exact) mass is 278 g/mol. The van der Waals surface area contributed by atoms with Gasteiger partial charge in [0.2, 0.25) is 0 Å². The summed E-state index contributed by atoms with van der Waals surface area (Å²) in [7, 11) is 0. The van der Waals surface area contributed by atoms with Gasteiger partial charge in [-0.1, -0.05) is 11.6 Å². The third-order valence-electron chi connectivity index (χ3n) is 2.46. The summed E-state index contributed by atoms with van der Waals surface area (Å²) in [6.07, 6.45) is 1.83. The highest BCUT2D eigenvalue weighted by atomic mass is 16.4. The van der Waals surface area contributed by atoms with Gasteiger partial charge in [0.25, 0.3) is 0 Å². The van der Waals surface area contributed by atoms with Crippen LogP contribution in [0.15, 0.2) is 35.9 Å². The summed E-state index contributed by atoms with van der Waals surface area (Å²) in [5, 5.41) is 20.7. The second kappa shape index (κ2) is 7.18. The molecule has 0 spiro atoms. The number of nitrogens with zero attached hydrogens (tertiary/aromatic N) is 1. The van der Waals surface area contributed by atoms with Crippen LogP contribution in [0, 0.1) is 0 Å². The first-order chi connectivity index (χ1) is 9.40. The van der Waals surface area contributed by atoms with Gasteiger partial charge in [-0.15, -0.1) is 0 Å². The lowest BCUT2D eigenvalue weighted by molar-refractivity contribution is -0.135. The number of nitrogens with one attached hydrogen (secondary N) is 1. The van der Waals surface area contributed by atoms with Crippen LogP contribution in [0.2, 0.25) is 0 Å². The van der Waals surface area contributed by atoms with Crippen molar-refractivity contribution < 1.29 is 19.8 Å². The van der Waals surface area contributed by atoms with Crippen molar-refractivity contribution in [1.29, 1.82) is 0 Å². The molecule has 0 saturated carbocycles. The Hall–Kier alpha value is -2.50. The van der Waals surface area contributed by atoms with E-state index in [0.717, 1.165) is 10.5 Å². The summed E-state index contributed by atoms with van der Waals surface area (Å²) in [6, 6.07) is 5.26. The van der Waals surface area contributed by atoms with Gasteiger partial charge in [-0.05, 0) is 38.1 Å². The molecule has 0 saturated heterocycles. The first-order valence-corrected chi connectivity index (χ1v) is 6.09. The third kappa shape index (κ3) is 5.01. The Morgan fingerprint density at radius 3 is 2.35 bits per heavy atom. The molecule has 3 N–H and O–H groups in total. The van der Waals surface area contributed by atoms with Crippen molar-refractivity contribution in [2.45, 2.75) is 13.8 Å². The maximum atomic E-state index is 12.0. The van der Waals surface area contributed by atoms with Crippen LogP contribution >= 0.6 is 0 Å². The molecule has 6 nitrogen and oxygen atoms in total. The largest absolute Gasteiger partial charge is 0.508 e. The van der Waals surface area contributed by atoms with Gasteiger partial charge in [0.15, 0.2) is 0 Å². The molecule has 0 bridgehead atoms. The fourth-order valence-corrected chi connectivity index (χ4v) is 1.49. The van der Waals surface area contributed by atoms with Crippen molar-refractivity contribution in [2.75, 3.05) is 18.0 Å². The van der Waals surface area contributed by atoms with E-state index < -0.39 is 18.5 Å². The molecule has 1 rings (SSSR count). The van der Waals surface area contributed by atoms with E-state index >= 15 is 0 Å². The predicted octanol–water partition coefficient (Wildman–Crippen LogP) is 1.96. The number of carbonyl (C=O) groups excluding carboxylic acids is 1. The van der Waals surface area contributed by atoms with Gasteiger partial charge in [0.05, 0.1) is 0 Å².